The SMILES string of the molecule is COc1ccc(N2C[C@@H](C(=O)NCC3CCOCC3)CC2=O)cc1Cl. The van der Waals surface area contributed by atoms with E-state index in [2.05, 4.69) is 5.32 Å². The summed E-state index contributed by atoms with van der Waals surface area (Å²) in [5.74, 6) is 0.580. The summed E-state index contributed by atoms with van der Waals surface area (Å²) in [4.78, 5) is 26.3. The molecule has 2 aliphatic heterocycles. The molecule has 6 nitrogen and oxygen atoms in total. The van der Waals surface area contributed by atoms with Crippen LogP contribution in [0.25, 0.3) is 0 Å². The Balaban J connectivity index is 1.57. The molecule has 2 amide bonds. The summed E-state index contributed by atoms with van der Waals surface area (Å²) in [6.07, 6.45) is 2.17. The fourth-order valence-electron chi connectivity index (χ4n) is 3.30. The highest BCUT2D eigenvalue weighted by Gasteiger charge is 2.35. The molecule has 2 heterocycles. The summed E-state index contributed by atoms with van der Waals surface area (Å²) in [6, 6.07) is 5.20. The van der Waals surface area contributed by atoms with Crippen molar-refractivity contribution in [3.63, 3.8) is 0 Å². The number of nitrogens with zero attached hydrogens (tertiary/aromatic N) is 1. The zero-order valence-corrected chi connectivity index (χ0v) is 15.1. The van der Waals surface area contributed by atoms with Gasteiger partial charge in [0.2, 0.25) is 11.8 Å². The van der Waals surface area contributed by atoms with E-state index in [-0.39, 0.29) is 24.2 Å². The van der Waals surface area contributed by atoms with Gasteiger partial charge in [-0.05, 0) is 37.0 Å². The number of amides is 2. The van der Waals surface area contributed by atoms with Gasteiger partial charge in [0.05, 0.1) is 18.1 Å². The molecular weight excluding hydrogens is 344 g/mol. The Morgan fingerprint density at radius 2 is 2.16 bits per heavy atom. The number of carbonyl (C=O) groups excluding carboxylic acids is 2. The number of nitrogens with one attached hydrogen (secondary N) is 1. The predicted octanol–water partition coefficient (Wildman–Crippen LogP) is 2.24. The summed E-state index contributed by atoms with van der Waals surface area (Å²) in [7, 11) is 1.54. The summed E-state index contributed by atoms with van der Waals surface area (Å²) in [5.41, 5.74) is 0.690. The third-order valence-electron chi connectivity index (χ3n) is 4.85. The first kappa shape index (κ1) is 18.0. The Bertz CT molecular complexity index is 646. The van der Waals surface area contributed by atoms with Crippen LogP contribution in [0, 0.1) is 11.8 Å². The predicted molar refractivity (Wildman–Crippen MR) is 95.0 cm³/mol. The largest absolute Gasteiger partial charge is 0.495 e. The van der Waals surface area contributed by atoms with Gasteiger partial charge in [-0.2, -0.15) is 0 Å². The molecule has 1 atom stereocenters. The highest BCUT2D eigenvalue weighted by molar-refractivity contribution is 6.32. The summed E-state index contributed by atoms with van der Waals surface area (Å²) in [6.45, 7) is 2.55. The van der Waals surface area contributed by atoms with E-state index in [0.717, 1.165) is 26.1 Å². The number of rotatable bonds is 5. The molecule has 0 radical (unpaired) electrons. The van der Waals surface area contributed by atoms with Gasteiger partial charge in [0, 0.05) is 38.4 Å². The highest BCUT2D eigenvalue weighted by Crippen LogP contribution is 2.32. The molecule has 1 aromatic rings. The molecule has 7 heteroatoms. The van der Waals surface area contributed by atoms with Crippen LogP contribution in [0.3, 0.4) is 0 Å². The summed E-state index contributed by atoms with van der Waals surface area (Å²) >= 11 is 6.14. The zero-order valence-electron chi connectivity index (χ0n) is 14.3. The van der Waals surface area contributed by atoms with Crippen LogP contribution in [0.4, 0.5) is 5.69 Å². The van der Waals surface area contributed by atoms with Crippen LogP contribution < -0.4 is 15.0 Å². The Hall–Kier alpha value is -1.79. The Morgan fingerprint density at radius 1 is 1.40 bits per heavy atom. The molecule has 1 aromatic carbocycles. The van der Waals surface area contributed by atoms with E-state index in [1.54, 1.807) is 30.2 Å². The lowest BCUT2D eigenvalue weighted by Crippen LogP contribution is -2.37. The Morgan fingerprint density at radius 3 is 2.84 bits per heavy atom. The van der Waals surface area contributed by atoms with E-state index in [4.69, 9.17) is 21.1 Å². The first-order valence-corrected chi connectivity index (χ1v) is 8.95. The van der Waals surface area contributed by atoms with Gasteiger partial charge in [0.25, 0.3) is 0 Å². The average Bonchev–Trinajstić information content (AvgIpc) is 3.02. The van der Waals surface area contributed by atoms with Crippen molar-refractivity contribution in [2.75, 3.05) is 38.3 Å². The fourth-order valence-corrected chi connectivity index (χ4v) is 3.55. The third kappa shape index (κ3) is 4.25. The molecule has 1 N–H and O–H groups in total. The van der Waals surface area contributed by atoms with Gasteiger partial charge in [0.15, 0.2) is 0 Å². The van der Waals surface area contributed by atoms with Crippen molar-refractivity contribution in [1.29, 1.82) is 0 Å². The van der Waals surface area contributed by atoms with Crippen LogP contribution in [-0.2, 0) is 14.3 Å². The van der Waals surface area contributed by atoms with Crippen LogP contribution in [0.5, 0.6) is 5.75 Å². The van der Waals surface area contributed by atoms with E-state index in [1.165, 1.54) is 0 Å². The number of benzene rings is 1. The smallest absolute Gasteiger partial charge is 0.227 e. The minimum atomic E-state index is -0.326. The number of carbonyl (C=O) groups is 2. The van der Waals surface area contributed by atoms with Crippen LogP contribution in [0.15, 0.2) is 18.2 Å². The second kappa shape index (κ2) is 8.06. The number of halogens is 1. The van der Waals surface area contributed by atoms with E-state index >= 15 is 0 Å². The topological polar surface area (TPSA) is 67.9 Å². The van der Waals surface area contributed by atoms with Gasteiger partial charge in [0.1, 0.15) is 5.75 Å². The molecule has 2 fully saturated rings. The first-order valence-electron chi connectivity index (χ1n) is 8.58. The lowest BCUT2D eigenvalue weighted by Gasteiger charge is -2.23. The maximum absolute atomic E-state index is 12.4. The minimum Gasteiger partial charge on any atom is -0.495 e. The maximum atomic E-state index is 12.4. The summed E-state index contributed by atoms with van der Waals surface area (Å²) in [5, 5.41) is 3.44. The maximum Gasteiger partial charge on any atom is 0.227 e. The molecule has 0 aromatic heterocycles. The highest BCUT2D eigenvalue weighted by atomic mass is 35.5. The van der Waals surface area contributed by atoms with Crippen LogP contribution in [0.2, 0.25) is 5.02 Å². The van der Waals surface area contributed by atoms with Crippen molar-refractivity contribution in [2.24, 2.45) is 11.8 Å². The molecule has 0 bridgehead atoms. The fraction of sp³-hybridized carbons (Fsp3) is 0.556. The van der Waals surface area contributed by atoms with Crippen molar-refractivity contribution < 1.29 is 19.1 Å². The minimum absolute atomic E-state index is 0.0537. The molecule has 0 spiro atoms. The molecule has 0 aliphatic carbocycles. The molecule has 136 valence electrons. The van der Waals surface area contributed by atoms with Gasteiger partial charge >= 0.3 is 0 Å². The van der Waals surface area contributed by atoms with Gasteiger partial charge in [-0.25, -0.2) is 0 Å². The van der Waals surface area contributed by atoms with E-state index in [1.807, 2.05) is 0 Å². The van der Waals surface area contributed by atoms with Crippen LogP contribution >= 0.6 is 11.6 Å². The van der Waals surface area contributed by atoms with Gasteiger partial charge in [-0.15, -0.1) is 0 Å². The van der Waals surface area contributed by atoms with Crippen LogP contribution in [-0.4, -0.2) is 45.2 Å². The lowest BCUT2D eigenvalue weighted by atomic mass is 10.00. The van der Waals surface area contributed by atoms with Crippen molar-refractivity contribution in [3.05, 3.63) is 23.2 Å². The first-order chi connectivity index (χ1) is 12.1. The number of ether oxygens (including phenoxy) is 2. The van der Waals surface area contributed by atoms with Crippen LogP contribution in [0.1, 0.15) is 19.3 Å². The number of hydrogen-bond acceptors (Lipinski definition) is 4. The van der Waals surface area contributed by atoms with E-state index < -0.39 is 0 Å². The molecule has 3 rings (SSSR count). The molecule has 25 heavy (non-hydrogen) atoms. The Kier molecular flexibility index (Phi) is 5.81. The quantitative estimate of drug-likeness (QED) is 0.867. The second-order valence-corrected chi connectivity index (χ2v) is 6.93. The second-order valence-electron chi connectivity index (χ2n) is 6.53. The summed E-state index contributed by atoms with van der Waals surface area (Å²) < 4.78 is 10.5. The molecular formula is C18H23ClN2O4. The Labute approximate surface area is 152 Å². The number of hydrogen-bond donors (Lipinski definition) is 1. The van der Waals surface area contributed by atoms with E-state index in [0.29, 0.717) is 35.5 Å². The van der Waals surface area contributed by atoms with Gasteiger partial charge in [-0.3, -0.25) is 9.59 Å². The number of methoxy groups -OCH3 is 1. The zero-order chi connectivity index (χ0) is 17.8. The molecule has 0 unspecified atom stereocenters. The van der Waals surface area contributed by atoms with Crippen molar-refractivity contribution in [2.45, 2.75) is 19.3 Å². The van der Waals surface area contributed by atoms with Crippen molar-refractivity contribution in [3.8, 4) is 5.75 Å². The monoisotopic (exact) mass is 366 g/mol. The normalized spacial score (nSPS) is 21.4. The molecule has 0 saturated carbocycles. The lowest BCUT2D eigenvalue weighted by molar-refractivity contribution is -0.126. The molecule has 2 saturated heterocycles. The third-order valence-corrected chi connectivity index (χ3v) is 5.14. The standard InChI is InChI=1S/C18H23ClN2O4/c1-24-16-3-2-14(9-15(16)19)21-11-13(8-17(21)22)18(23)20-10-12-4-6-25-7-5-12/h2-3,9,12-13H,4-8,10-11H2,1H3,(H,20,23)/t13-/m0/s1. The average molecular weight is 367 g/mol. The van der Waals surface area contributed by atoms with Gasteiger partial charge in [-0.1, -0.05) is 11.6 Å². The molecule has 2 aliphatic rings. The number of anilines is 1. The van der Waals surface area contributed by atoms with Crippen molar-refractivity contribution >= 4 is 29.1 Å². The van der Waals surface area contributed by atoms with Gasteiger partial charge < -0.3 is 19.7 Å². The van der Waals surface area contributed by atoms with E-state index in [9.17, 15) is 9.59 Å². The van der Waals surface area contributed by atoms with Crippen molar-refractivity contribution in [1.82, 2.24) is 5.32 Å².